The van der Waals surface area contributed by atoms with Gasteiger partial charge in [0.2, 0.25) is 5.95 Å². The quantitative estimate of drug-likeness (QED) is 0.709. The summed E-state index contributed by atoms with van der Waals surface area (Å²) in [5.74, 6) is -0.696. The number of nitrogens with zero attached hydrogens (tertiary/aromatic N) is 6. The smallest absolute Gasteiger partial charge is 0.259 e. The molecule has 13 heteroatoms. The molecule has 11 nitrogen and oxygen atoms in total. The highest BCUT2D eigenvalue weighted by molar-refractivity contribution is 7.91. The van der Waals surface area contributed by atoms with Gasteiger partial charge in [-0.25, -0.2) is 13.1 Å². The number of carbonyl (C=O) groups is 1. The van der Waals surface area contributed by atoms with E-state index in [0.717, 1.165) is 0 Å². The van der Waals surface area contributed by atoms with Crippen molar-refractivity contribution in [3.05, 3.63) is 28.3 Å². The van der Waals surface area contributed by atoms with Crippen molar-refractivity contribution >= 4 is 39.0 Å². The number of benzene rings is 1. The molecule has 29 heavy (non-hydrogen) atoms. The number of anilines is 1. The highest BCUT2D eigenvalue weighted by atomic mass is 35.5. The molecule has 2 aromatic rings. The standard InChI is InChI=1S/C16H16ClN7O4S/c1-3-29(26,27)12-5-4-10(15(25)19-16-20-22-23-24(16)2)14(17)13(12)11-8-9(6-7-18)28-21-11/h4-5,9H,3,6,8H2,1-2H3,(H,19,20,23,25). The maximum atomic E-state index is 12.7. The minimum absolute atomic E-state index is 0.0196. The highest BCUT2D eigenvalue weighted by Gasteiger charge is 2.31. The van der Waals surface area contributed by atoms with Gasteiger partial charge in [-0.1, -0.05) is 28.8 Å². The molecule has 1 aliphatic heterocycles. The lowest BCUT2D eigenvalue weighted by Gasteiger charge is -2.14. The first kappa shape index (κ1) is 20.7. The van der Waals surface area contributed by atoms with Crippen LogP contribution in [0, 0.1) is 11.3 Å². The topological polar surface area (TPSA) is 152 Å². The van der Waals surface area contributed by atoms with Crippen LogP contribution in [-0.2, 0) is 21.7 Å². The Kier molecular flexibility index (Phi) is 5.81. The van der Waals surface area contributed by atoms with Crippen LogP contribution in [0.5, 0.6) is 0 Å². The second-order valence-electron chi connectivity index (χ2n) is 6.12. The molecule has 0 fully saturated rings. The maximum absolute atomic E-state index is 12.7. The van der Waals surface area contributed by atoms with Crippen molar-refractivity contribution in [2.24, 2.45) is 12.2 Å². The first-order chi connectivity index (χ1) is 13.8. The molecule has 0 saturated carbocycles. The van der Waals surface area contributed by atoms with E-state index in [1.165, 1.54) is 23.7 Å². The van der Waals surface area contributed by atoms with Crippen LogP contribution in [0.3, 0.4) is 0 Å². The first-order valence-corrected chi connectivity index (χ1v) is 10.5. The normalized spacial score (nSPS) is 16.1. The van der Waals surface area contributed by atoms with Crippen LogP contribution in [0.4, 0.5) is 5.95 Å². The van der Waals surface area contributed by atoms with Crippen LogP contribution in [0.25, 0.3) is 0 Å². The number of aryl methyl sites for hydroxylation is 1. The lowest BCUT2D eigenvalue weighted by atomic mass is 10.0. The number of sulfone groups is 1. The second-order valence-corrected chi connectivity index (χ2v) is 8.74. The summed E-state index contributed by atoms with van der Waals surface area (Å²) in [6.07, 6.45) is -0.233. The molecule has 1 N–H and O–H groups in total. The van der Waals surface area contributed by atoms with E-state index in [0.29, 0.717) is 0 Å². The van der Waals surface area contributed by atoms with Crippen molar-refractivity contribution in [3.63, 3.8) is 0 Å². The zero-order valence-corrected chi connectivity index (χ0v) is 17.0. The Morgan fingerprint density at radius 1 is 1.48 bits per heavy atom. The zero-order valence-electron chi connectivity index (χ0n) is 15.5. The average Bonchev–Trinajstić information content (AvgIpc) is 3.31. The van der Waals surface area contributed by atoms with Crippen LogP contribution in [0.2, 0.25) is 5.02 Å². The fraction of sp³-hybridized carbons (Fsp3) is 0.375. The van der Waals surface area contributed by atoms with E-state index in [1.807, 2.05) is 6.07 Å². The Morgan fingerprint density at radius 2 is 2.24 bits per heavy atom. The minimum atomic E-state index is -3.67. The number of aromatic nitrogens is 4. The molecular formula is C16H16ClN7O4S. The molecule has 0 bridgehead atoms. The van der Waals surface area contributed by atoms with E-state index in [2.05, 4.69) is 26.0 Å². The number of carbonyl (C=O) groups excluding carboxylic acids is 1. The molecule has 0 saturated heterocycles. The van der Waals surface area contributed by atoms with E-state index in [4.69, 9.17) is 21.7 Å². The number of oxime groups is 1. The summed E-state index contributed by atoms with van der Waals surface area (Å²) in [7, 11) is -2.13. The maximum Gasteiger partial charge on any atom is 0.259 e. The van der Waals surface area contributed by atoms with Crippen molar-refractivity contribution in [1.29, 1.82) is 5.26 Å². The Morgan fingerprint density at radius 3 is 2.86 bits per heavy atom. The molecule has 0 radical (unpaired) electrons. The monoisotopic (exact) mass is 437 g/mol. The van der Waals surface area contributed by atoms with Gasteiger partial charge in [-0.05, 0) is 22.6 Å². The van der Waals surface area contributed by atoms with Crippen molar-refractivity contribution in [1.82, 2.24) is 20.2 Å². The van der Waals surface area contributed by atoms with Gasteiger partial charge in [-0.3, -0.25) is 10.1 Å². The van der Waals surface area contributed by atoms with E-state index in [9.17, 15) is 13.2 Å². The number of hydrogen-bond donors (Lipinski definition) is 1. The minimum Gasteiger partial charge on any atom is -0.391 e. The van der Waals surface area contributed by atoms with Crippen molar-refractivity contribution < 1.29 is 18.0 Å². The summed E-state index contributed by atoms with van der Waals surface area (Å²) >= 11 is 6.47. The largest absolute Gasteiger partial charge is 0.391 e. The number of tetrazole rings is 1. The van der Waals surface area contributed by atoms with Gasteiger partial charge < -0.3 is 4.84 Å². The molecule has 1 aliphatic rings. The Hall–Kier alpha value is -3.04. The summed E-state index contributed by atoms with van der Waals surface area (Å²) in [6.45, 7) is 1.50. The van der Waals surface area contributed by atoms with E-state index in [1.54, 1.807) is 7.05 Å². The third-order valence-corrected chi connectivity index (χ3v) is 6.41. The molecule has 152 valence electrons. The average molecular weight is 438 g/mol. The molecule has 1 aromatic carbocycles. The molecular weight excluding hydrogens is 422 g/mol. The third-order valence-electron chi connectivity index (χ3n) is 4.25. The van der Waals surface area contributed by atoms with Gasteiger partial charge in [0.05, 0.1) is 39.4 Å². The lowest BCUT2D eigenvalue weighted by Crippen LogP contribution is -2.19. The molecule has 0 spiro atoms. The Balaban J connectivity index is 2.06. The van der Waals surface area contributed by atoms with E-state index >= 15 is 0 Å². The summed E-state index contributed by atoms with van der Waals surface area (Å²) in [5, 5.41) is 25.9. The van der Waals surface area contributed by atoms with Crippen LogP contribution in [-0.4, -0.2) is 52.1 Å². The van der Waals surface area contributed by atoms with Crippen LogP contribution in [0.15, 0.2) is 22.2 Å². The van der Waals surface area contributed by atoms with Gasteiger partial charge in [0, 0.05) is 19.0 Å². The van der Waals surface area contributed by atoms with Gasteiger partial charge in [-0.2, -0.15) is 5.26 Å². The van der Waals surface area contributed by atoms with Crippen molar-refractivity contribution in [2.75, 3.05) is 11.1 Å². The van der Waals surface area contributed by atoms with Crippen molar-refractivity contribution in [3.8, 4) is 6.07 Å². The van der Waals surface area contributed by atoms with Gasteiger partial charge in [0.1, 0.15) is 6.10 Å². The lowest BCUT2D eigenvalue weighted by molar-refractivity contribution is 0.0891. The molecule has 3 rings (SSSR count). The number of amides is 1. The van der Waals surface area contributed by atoms with Crippen LogP contribution in [0.1, 0.15) is 35.7 Å². The number of nitrogens with one attached hydrogen (secondary N) is 1. The number of nitriles is 1. The SMILES string of the molecule is CCS(=O)(=O)c1ccc(C(=O)Nc2nnnn2C)c(Cl)c1C1=NOC(CC#N)C1. The van der Waals surface area contributed by atoms with E-state index < -0.39 is 21.8 Å². The van der Waals surface area contributed by atoms with Gasteiger partial charge in [0.25, 0.3) is 5.91 Å². The predicted molar refractivity (Wildman–Crippen MR) is 102 cm³/mol. The molecule has 1 amide bonds. The Bertz CT molecular complexity index is 1140. The predicted octanol–water partition coefficient (Wildman–Crippen LogP) is 1.32. The third kappa shape index (κ3) is 4.06. The molecule has 1 aromatic heterocycles. The summed E-state index contributed by atoms with van der Waals surface area (Å²) in [4.78, 5) is 17.8. The van der Waals surface area contributed by atoms with Gasteiger partial charge >= 0.3 is 0 Å². The molecule has 1 atom stereocenters. The number of rotatable bonds is 6. The highest BCUT2D eigenvalue weighted by Crippen LogP contribution is 2.33. The summed E-state index contributed by atoms with van der Waals surface area (Å²) < 4.78 is 26.4. The summed E-state index contributed by atoms with van der Waals surface area (Å²) in [6, 6.07) is 4.60. The molecule has 0 aliphatic carbocycles. The summed E-state index contributed by atoms with van der Waals surface area (Å²) in [5.41, 5.74) is 0.376. The van der Waals surface area contributed by atoms with Gasteiger partial charge in [-0.15, -0.1) is 0 Å². The van der Waals surface area contributed by atoms with E-state index in [-0.39, 0.29) is 51.3 Å². The molecule has 1 unspecified atom stereocenters. The molecule has 2 heterocycles. The second kappa shape index (κ2) is 8.14. The Labute approximate surface area is 171 Å². The van der Waals surface area contributed by atoms with Crippen molar-refractivity contribution in [2.45, 2.75) is 30.8 Å². The fourth-order valence-electron chi connectivity index (χ4n) is 2.71. The first-order valence-electron chi connectivity index (χ1n) is 8.47. The number of halogens is 1. The number of hydrogen-bond acceptors (Lipinski definition) is 9. The fourth-order valence-corrected chi connectivity index (χ4v) is 4.24. The zero-order chi connectivity index (χ0) is 21.2. The van der Waals surface area contributed by atoms with Gasteiger partial charge in [0.15, 0.2) is 9.84 Å². The van der Waals surface area contributed by atoms with Crippen LogP contribution >= 0.6 is 11.6 Å². The van der Waals surface area contributed by atoms with Crippen LogP contribution < -0.4 is 5.32 Å².